The van der Waals surface area contributed by atoms with E-state index in [0.29, 0.717) is 12.1 Å². The molecule has 0 aliphatic carbocycles. The highest BCUT2D eigenvalue weighted by atomic mass is 32.1. The van der Waals surface area contributed by atoms with Crippen LogP contribution in [0, 0.1) is 0 Å². The van der Waals surface area contributed by atoms with E-state index in [1.54, 1.807) is 16.2 Å². The number of thiophene rings is 1. The van der Waals surface area contributed by atoms with Gasteiger partial charge in [-0.15, -0.1) is 11.3 Å². The Bertz CT molecular complexity index is 1030. The SMILES string of the molecule is CCC(C)N(CC(=O)N1CCc2sccc2C1c1ccccc1)C(=O)c1ccccc1. The first-order valence-corrected chi connectivity index (χ1v) is 11.7. The number of amides is 2. The summed E-state index contributed by atoms with van der Waals surface area (Å²) in [7, 11) is 0. The van der Waals surface area contributed by atoms with Crippen molar-refractivity contribution in [3.05, 3.63) is 93.7 Å². The van der Waals surface area contributed by atoms with E-state index < -0.39 is 0 Å². The molecule has 0 spiro atoms. The van der Waals surface area contributed by atoms with Gasteiger partial charge in [-0.3, -0.25) is 9.59 Å². The van der Waals surface area contributed by atoms with Crippen LogP contribution >= 0.6 is 11.3 Å². The topological polar surface area (TPSA) is 40.6 Å². The molecule has 1 aliphatic heterocycles. The number of hydrogen-bond donors (Lipinski definition) is 0. The van der Waals surface area contributed by atoms with Gasteiger partial charge in [-0.1, -0.05) is 55.5 Å². The molecule has 4 nitrogen and oxygen atoms in total. The van der Waals surface area contributed by atoms with Crippen LogP contribution in [-0.2, 0) is 11.2 Å². The first-order valence-electron chi connectivity index (χ1n) is 10.9. The molecule has 0 fully saturated rings. The van der Waals surface area contributed by atoms with Crippen molar-refractivity contribution in [2.45, 2.75) is 38.8 Å². The molecule has 2 atom stereocenters. The van der Waals surface area contributed by atoms with Crippen LogP contribution in [-0.4, -0.2) is 40.7 Å². The molecule has 5 heteroatoms. The lowest BCUT2D eigenvalue weighted by molar-refractivity contribution is -0.134. The fourth-order valence-corrected chi connectivity index (χ4v) is 5.11. The third kappa shape index (κ3) is 4.42. The number of carbonyl (C=O) groups is 2. The second-order valence-electron chi connectivity index (χ2n) is 8.01. The van der Waals surface area contributed by atoms with Crippen molar-refractivity contribution in [3.63, 3.8) is 0 Å². The molecule has 2 unspecified atom stereocenters. The van der Waals surface area contributed by atoms with Gasteiger partial charge in [0.05, 0.1) is 6.04 Å². The zero-order valence-electron chi connectivity index (χ0n) is 18.0. The van der Waals surface area contributed by atoms with Crippen LogP contribution in [0.15, 0.2) is 72.1 Å². The molecule has 0 radical (unpaired) electrons. The van der Waals surface area contributed by atoms with Crippen LogP contribution < -0.4 is 0 Å². The van der Waals surface area contributed by atoms with Crippen molar-refractivity contribution in [2.24, 2.45) is 0 Å². The van der Waals surface area contributed by atoms with E-state index in [0.717, 1.165) is 18.4 Å². The normalized spacial score (nSPS) is 16.5. The number of hydrogen-bond acceptors (Lipinski definition) is 3. The van der Waals surface area contributed by atoms with Crippen LogP contribution in [0.1, 0.15) is 52.7 Å². The highest BCUT2D eigenvalue weighted by Gasteiger charge is 2.34. The summed E-state index contributed by atoms with van der Waals surface area (Å²) in [6.45, 7) is 4.81. The Hall–Kier alpha value is -2.92. The highest BCUT2D eigenvalue weighted by molar-refractivity contribution is 7.10. The van der Waals surface area contributed by atoms with Crippen molar-refractivity contribution in [2.75, 3.05) is 13.1 Å². The number of fused-ring (bicyclic) bond motifs is 1. The van der Waals surface area contributed by atoms with E-state index in [9.17, 15) is 9.59 Å². The summed E-state index contributed by atoms with van der Waals surface area (Å²) in [5.41, 5.74) is 2.94. The Kier molecular flexibility index (Phi) is 6.52. The summed E-state index contributed by atoms with van der Waals surface area (Å²) in [6, 6.07) is 21.4. The predicted octanol–water partition coefficient (Wildman–Crippen LogP) is 5.16. The molecule has 2 aromatic carbocycles. The van der Waals surface area contributed by atoms with Crippen molar-refractivity contribution >= 4 is 23.2 Å². The average molecular weight is 433 g/mol. The smallest absolute Gasteiger partial charge is 0.254 e. The molecule has 31 heavy (non-hydrogen) atoms. The lowest BCUT2D eigenvalue weighted by Gasteiger charge is -2.38. The Morgan fingerprint density at radius 1 is 1.06 bits per heavy atom. The lowest BCUT2D eigenvalue weighted by Crippen LogP contribution is -2.49. The van der Waals surface area contributed by atoms with E-state index in [4.69, 9.17) is 0 Å². The molecule has 0 N–H and O–H groups in total. The molecule has 2 heterocycles. The summed E-state index contributed by atoms with van der Waals surface area (Å²) >= 11 is 1.76. The molecule has 4 rings (SSSR count). The minimum atomic E-state index is -0.102. The summed E-state index contributed by atoms with van der Waals surface area (Å²) in [6.07, 6.45) is 1.65. The van der Waals surface area contributed by atoms with Crippen LogP contribution in [0.2, 0.25) is 0 Å². The Balaban J connectivity index is 1.63. The molecule has 0 saturated heterocycles. The Morgan fingerprint density at radius 3 is 2.42 bits per heavy atom. The van der Waals surface area contributed by atoms with Crippen LogP contribution in [0.5, 0.6) is 0 Å². The fourth-order valence-electron chi connectivity index (χ4n) is 4.21. The van der Waals surface area contributed by atoms with Gasteiger partial charge in [0.25, 0.3) is 5.91 Å². The number of rotatable bonds is 6. The molecular formula is C26H28N2O2S. The van der Waals surface area contributed by atoms with Gasteiger partial charge in [0, 0.05) is 23.0 Å². The quantitative estimate of drug-likeness (QED) is 0.540. The van der Waals surface area contributed by atoms with Crippen molar-refractivity contribution in [1.82, 2.24) is 9.80 Å². The van der Waals surface area contributed by atoms with Gasteiger partial charge in [-0.2, -0.15) is 0 Å². The van der Waals surface area contributed by atoms with Crippen molar-refractivity contribution in [1.29, 1.82) is 0 Å². The molecule has 160 valence electrons. The van der Waals surface area contributed by atoms with E-state index in [-0.39, 0.29) is 30.4 Å². The zero-order valence-corrected chi connectivity index (χ0v) is 18.8. The van der Waals surface area contributed by atoms with E-state index in [2.05, 4.69) is 23.6 Å². The number of carbonyl (C=O) groups excluding carboxylic acids is 2. The third-order valence-electron chi connectivity index (χ3n) is 6.11. The van der Waals surface area contributed by atoms with E-state index in [1.807, 2.05) is 67.3 Å². The molecule has 3 aromatic rings. The molecule has 0 saturated carbocycles. The van der Waals surface area contributed by atoms with Gasteiger partial charge < -0.3 is 9.80 Å². The van der Waals surface area contributed by atoms with E-state index >= 15 is 0 Å². The van der Waals surface area contributed by atoms with Gasteiger partial charge in [0.15, 0.2) is 0 Å². The highest BCUT2D eigenvalue weighted by Crippen LogP contribution is 2.37. The van der Waals surface area contributed by atoms with Gasteiger partial charge in [0.2, 0.25) is 5.91 Å². The second-order valence-corrected chi connectivity index (χ2v) is 9.01. The first-order chi connectivity index (χ1) is 15.1. The fraction of sp³-hybridized carbons (Fsp3) is 0.308. The van der Waals surface area contributed by atoms with E-state index in [1.165, 1.54) is 10.4 Å². The summed E-state index contributed by atoms with van der Waals surface area (Å²) in [4.78, 5) is 31.9. The number of nitrogens with zero attached hydrogens (tertiary/aromatic N) is 2. The molecular weight excluding hydrogens is 404 g/mol. The molecule has 1 aromatic heterocycles. The monoisotopic (exact) mass is 432 g/mol. The Morgan fingerprint density at radius 2 is 1.74 bits per heavy atom. The molecule has 2 amide bonds. The summed E-state index contributed by atoms with van der Waals surface area (Å²) in [5.74, 6) is -0.0944. The van der Waals surface area contributed by atoms with Gasteiger partial charge in [0.1, 0.15) is 6.54 Å². The van der Waals surface area contributed by atoms with Crippen LogP contribution in [0.3, 0.4) is 0 Å². The maximum atomic E-state index is 13.6. The standard InChI is InChI=1S/C26H28N2O2S/c1-3-19(2)28(26(30)21-12-8-5-9-13-21)18-24(29)27-16-14-23-22(15-17-31-23)25(27)20-10-6-4-7-11-20/h4-13,15,17,19,25H,3,14,16,18H2,1-2H3. The first kappa shape index (κ1) is 21.3. The minimum Gasteiger partial charge on any atom is -0.330 e. The Labute approximate surface area is 188 Å². The maximum absolute atomic E-state index is 13.6. The van der Waals surface area contributed by atoms with Crippen LogP contribution in [0.25, 0.3) is 0 Å². The summed E-state index contributed by atoms with van der Waals surface area (Å²) < 4.78 is 0. The van der Waals surface area contributed by atoms with Gasteiger partial charge in [-0.25, -0.2) is 0 Å². The van der Waals surface area contributed by atoms with Crippen molar-refractivity contribution in [3.8, 4) is 0 Å². The third-order valence-corrected chi connectivity index (χ3v) is 7.11. The lowest BCUT2D eigenvalue weighted by atomic mass is 9.93. The minimum absolute atomic E-state index is 0.00437. The van der Waals surface area contributed by atoms with Crippen LogP contribution in [0.4, 0.5) is 0 Å². The second kappa shape index (κ2) is 9.48. The zero-order chi connectivity index (χ0) is 21.8. The summed E-state index contributed by atoms with van der Waals surface area (Å²) in [5, 5.41) is 2.11. The largest absolute Gasteiger partial charge is 0.330 e. The molecule has 1 aliphatic rings. The number of benzene rings is 2. The maximum Gasteiger partial charge on any atom is 0.254 e. The molecule has 0 bridgehead atoms. The van der Waals surface area contributed by atoms with Gasteiger partial charge in [-0.05, 0) is 54.5 Å². The predicted molar refractivity (Wildman–Crippen MR) is 125 cm³/mol. The average Bonchev–Trinajstić information content (AvgIpc) is 3.31. The van der Waals surface area contributed by atoms with Crippen molar-refractivity contribution < 1.29 is 9.59 Å². The van der Waals surface area contributed by atoms with Gasteiger partial charge >= 0.3 is 0 Å².